The third-order valence-electron chi connectivity index (χ3n) is 5.01. The number of carbonyl (C=O) groups excluding carboxylic acids is 1. The highest BCUT2D eigenvalue weighted by Gasteiger charge is 2.24. The van der Waals surface area contributed by atoms with E-state index in [4.69, 9.17) is 14.2 Å². The summed E-state index contributed by atoms with van der Waals surface area (Å²) in [6.07, 6.45) is 0.759. The first-order chi connectivity index (χ1) is 15.9. The van der Waals surface area contributed by atoms with Gasteiger partial charge >= 0.3 is 0 Å². The number of anilines is 1. The zero-order chi connectivity index (χ0) is 24.0. The summed E-state index contributed by atoms with van der Waals surface area (Å²) in [6.45, 7) is 1.29. The van der Waals surface area contributed by atoms with E-state index in [0.717, 1.165) is 18.5 Å². The lowest BCUT2D eigenvalue weighted by atomic mass is 10.1. The van der Waals surface area contributed by atoms with E-state index in [9.17, 15) is 9.18 Å². The maximum atomic E-state index is 13.6. The summed E-state index contributed by atoms with van der Waals surface area (Å²) in [4.78, 5) is 22.0. The second kappa shape index (κ2) is 11.1. The average molecular weight is 474 g/mol. The summed E-state index contributed by atoms with van der Waals surface area (Å²) in [5.74, 6) is 0.688. The predicted octanol–water partition coefficient (Wildman–Crippen LogP) is 4.57. The number of hydrogen-bond acceptors (Lipinski definition) is 7. The molecular weight excluding hydrogens is 445 g/mol. The van der Waals surface area contributed by atoms with E-state index < -0.39 is 0 Å². The molecule has 0 N–H and O–H groups in total. The number of nitrogens with zero attached hydrogens (tertiary/aromatic N) is 3. The van der Waals surface area contributed by atoms with Gasteiger partial charge in [-0.15, -0.1) is 11.3 Å². The molecule has 1 heterocycles. The number of methoxy groups -OCH3 is 3. The minimum atomic E-state index is -0.308. The number of carbonyl (C=O) groups is 1. The fourth-order valence-corrected chi connectivity index (χ4v) is 4.19. The van der Waals surface area contributed by atoms with Crippen LogP contribution < -0.4 is 19.1 Å². The van der Waals surface area contributed by atoms with Crippen molar-refractivity contribution in [2.75, 3.05) is 53.4 Å². The van der Waals surface area contributed by atoms with Crippen LogP contribution in [0, 0.1) is 5.82 Å². The predicted molar refractivity (Wildman–Crippen MR) is 128 cm³/mol. The maximum absolute atomic E-state index is 13.6. The van der Waals surface area contributed by atoms with Gasteiger partial charge in [0.15, 0.2) is 16.6 Å². The highest BCUT2D eigenvalue weighted by molar-refractivity contribution is 7.14. The first-order valence-corrected chi connectivity index (χ1v) is 11.2. The Morgan fingerprint density at radius 2 is 1.64 bits per heavy atom. The summed E-state index contributed by atoms with van der Waals surface area (Å²) in [5.41, 5.74) is 1.87. The van der Waals surface area contributed by atoms with Gasteiger partial charge in [0.05, 0.1) is 27.0 Å². The van der Waals surface area contributed by atoms with E-state index in [2.05, 4.69) is 9.88 Å². The van der Waals surface area contributed by atoms with Crippen LogP contribution in [0.2, 0.25) is 0 Å². The fourth-order valence-electron chi connectivity index (χ4n) is 3.33. The van der Waals surface area contributed by atoms with Gasteiger partial charge in [0, 0.05) is 23.1 Å². The van der Waals surface area contributed by atoms with Gasteiger partial charge in [-0.25, -0.2) is 9.37 Å². The number of ether oxygens (including phenoxy) is 3. The zero-order valence-electron chi connectivity index (χ0n) is 19.4. The second-order valence-corrected chi connectivity index (χ2v) is 8.39. The van der Waals surface area contributed by atoms with Crippen molar-refractivity contribution in [3.8, 4) is 28.5 Å². The molecule has 0 aliphatic heterocycles. The van der Waals surface area contributed by atoms with Crippen molar-refractivity contribution in [2.45, 2.75) is 6.42 Å². The van der Waals surface area contributed by atoms with Crippen molar-refractivity contribution in [1.29, 1.82) is 0 Å². The standard InChI is InChI=1S/C24H28FN3O4S/c1-27(2)11-6-12-28(24-26-19(15-33-24)16-7-9-18(25)10-8-16)23(29)17-13-20(30-3)22(32-5)21(14-17)31-4/h7-10,13-15H,6,11-12H2,1-5H3. The Balaban J connectivity index is 1.97. The molecule has 0 atom stereocenters. The number of aromatic nitrogens is 1. The number of amides is 1. The Morgan fingerprint density at radius 3 is 2.18 bits per heavy atom. The molecule has 7 nitrogen and oxygen atoms in total. The van der Waals surface area contributed by atoms with Crippen LogP contribution >= 0.6 is 11.3 Å². The summed E-state index contributed by atoms with van der Waals surface area (Å²) in [7, 11) is 8.51. The molecule has 1 amide bonds. The molecule has 0 aliphatic carbocycles. The number of thiazole rings is 1. The van der Waals surface area contributed by atoms with E-state index in [1.807, 2.05) is 19.5 Å². The molecule has 1 aromatic heterocycles. The van der Waals surface area contributed by atoms with Gasteiger partial charge < -0.3 is 19.1 Å². The van der Waals surface area contributed by atoms with Crippen LogP contribution in [-0.4, -0.2) is 64.3 Å². The second-order valence-electron chi connectivity index (χ2n) is 7.55. The highest BCUT2D eigenvalue weighted by Crippen LogP contribution is 2.39. The van der Waals surface area contributed by atoms with Crippen LogP contribution in [0.1, 0.15) is 16.8 Å². The Hall–Kier alpha value is -3.17. The highest BCUT2D eigenvalue weighted by atomic mass is 32.1. The molecule has 33 heavy (non-hydrogen) atoms. The third-order valence-corrected chi connectivity index (χ3v) is 5.87. The monoisotopic (exact) mass is 473 g/mol. The number of halogens is 1. The fraction of sp³-hybridized carbons (Fsp3) is 0.333. The van der Waals surface area contributed by atoms with Crippen molar-refractivity contribution in [3.63, 3.8) is 0 Å². The SMILES string of the molecule is COc1cc(C(=O)N(CCCN(C)C)c2nc(-c3ccc(F)cc3)cs2)cc(OC)c1OC. The molecule has 0 saturated carbocycles. The minimum Gasteiger partial charge on any atom is -0.493 e. The van der Waals surface area contributed by atoms with Crippen molar-refractivity contribution >= 4 is 22.4 Å². The van der Waals surface area contributed by atoms with Gasteiger partial charge in [0.1, 0.15) is 5.82 Å². The molecule has 0 radical (unpaired) electrons. The lowest BCUT2D eigenvalue weighted by molar-refractivity contribution is 0.0985. The Kier molecular flexibility index (Phi) is 8.24. The third kappa shape index (κ3) is 5.80. The number of rotatable bonds is 10. The molecule has 9 heteroatoms. The van der Waals surface area contributed by atoms with E-state index >= 15 is 0 Å². The van der Waals surface area contributed by atoms with Crippen LogP contribution in [0.4, 0.5) is 9.52 Å². The van der Waals surface area contributed by atoms with E-state index in [0.29, 0.717) is 40.2 Å². The minimum absolute atomic E-state index is 0.229. The zero-order valence-corrected chi connectivity index (χ0v) is 20.2. The molecule has 0 fully saturated rings. The Labute approximate surface area is 197 Å². The van der Waals surface area contributed by atoms with Gasteiger partial charge in [-0.05, 0) is 63.5 Å². The largest absolute Gasteiger partial charge is 0.493 e. The van der Waals surface area contributed by atoms with Gasteiger partial charge in [-0.3, -0.25) is 9.69 Å². The van der Waals surface area contributed by atoms with E-state index in [1.165, 1.54) is 44.8 Å². The molecule has 0 bridgehead atoms. The van der Waals surface area contributed by atoms with Crippen molar-refractivity contribution < 1.29 is 23.4 Å². The van der Waals surface area contributed by atoms with Crippen LogP contribution in [0.25, 0.3) is 11.3 Å². The molecule has 0 aliphatic rings. The Bertz CT molecular complexity index is 1060. The van der Waals surface area contributed by atoms with E-state index in [1.54, 1.807) is 29.2 Å². The van der Waals surface area contributed by atoms with Crippen LogP contribution in [0.15, 0.2) is 41.8 Å². The van der Waals surface area contributed by atoms with Crippen LogP contribution in [-0.2, 0) is 0 Å². The van der Waals surface area contributed by atoms with Gasteiger partial charge in [-0.2, -0.15) is 0 Å². The molecule has 176 valence electrons. The topological polar surface area (TPSA) is 64.1 Å². The molecule has 3 rings (SSSR count). The van der Waals surface area contributed by atoms with Crippen molar-refractivity contribution in [2.24, 2.45) is 0 Å². The first-order valence-electron chi connectivity index (χ1n) is 10.4. The van der Waals surface area contributed by atoms with Crippen LogP contribution in [0.3, 0.4) is 0 Å². The Morgan fingerprint density at radius 1 is 1.00 bits per heavy atom. The van der Waals surface area contributed by atoms with Crippen LogP contribution in [0.5, 0.6) is 17.2 Å². The summed E-state index contributed by atoms with van der Waals surface area (Å²) < 4.78 is 29.5. The molecule has 0 saturated heterocycles. The average Bonchev–Trinajstić information content (AvgIpc) is 3.30. The summed E-state index contributed by atoms with van der Waals surface area (Å²) >= 11 is 1.37. The molecule has 2 aromatic carbocycles. The smallest absolute Gasteiger partial charge is 0.260 e. The number of benzene rings is 2. The maximum Gasteiger partial charge on any atom is 0.260 e. The quantitative estimate of drug-likeness (QED) is 0.430. The summed E-state index contributed by atoms with van der Waals surface area (Å²) in [6, 6.07) is 9.40. The molecule has 0 spiro atoms. The van der Waals surface area contributed by atoms with Gasteiger partial charge in [-0.1, -0.05) is 0 Å². The molecule has 0 unspecified atom stereocenters. The van der Waals surface area contributed by atoms with Gasteiger partial charge in [0.25, 0.3) is 5.91 Å². The van der Waals surface area contributed by atoms with Gasteiger partial charge in [0.2, 0.25) is 5.75 Å². The number of hydrogen-bond donors (Lipinski definition) is 0. The normalized spacial score (nSPS) is 10.9. The van der Waals surface area contributed by atoms with Crippen molar-refractivity contribution in [1.82, 2.24) is 9.88 Å². The molecular formula is C24H28FN3O4S. The lowest BCUT2D eigenvalue weighted by Crippen LogP contribution is -2.33. The summed E-state index contributed by atoms with van der Waals surface area (Å²) in [5, 5.41) is 2.43. The first kappa shape index (κ1) is 24.5. The molecule has 3 aromatic rings. The van der Waals surface area contributed by atoms with Crippen molar-refractivity contribution in [3.05, 3.63) is 53.2 Å². The van der Waals surface area contributed by atoms with E-state index in [-0.39, 0.29) is 11.7 Å². The lowest BCUT2D eigenvalue weighted by Gasteiger charge is -2.22.